The number of hydrogen-bond acceptors (Lipinski definition) is 3. The first-order valence-corrected chi connectivity index (χ1v) is 5.82. The van der Waals surface area contributed by atoms with Crippen LogP contribution in [-0.2, 0) is 11.3 Å². The van der Waals surface area contributed by atoms with Crippen molar-refractivity contribution in [3.8, 4) is 0 Å². The van der Waals surface area contributed by atoms with Crippen LogP contribution < -0.4 is 0 Å². The Kier molecular flexibility index (Phi) is 3.76. The Morgan fingerprint density at radius 3 is 3.06 bits per heavy atom. The van der Waals surface area contributed by atoms with Gasteiger partial charge in [-0.1, -0.05) is 11.6 Å². The van der Waals surface area contributed by atoms with Gasteiger partial charge in [0.2, 0.25) is 0 Å². The molecule has 0 N–H and O–H groups in total. The lowest BCUT2D eigenvalue weighted by molar-refractivity contribution is 0.110. The molecule has 90 valence electrons. The molecule has 0 radical (unpaired) electrons. The summed E-state index contributed by atoms with van der Waals surface area (Å²) in [7, 11) is 0. The van der Waals surface area contributed by atoms with E-state index >= 15 is 0 Å². The van der Waals surface area contributed by atoms with Crippen LogP contribution in [0.3, 0.4) is 0 Å². The number of benzene rings is 1. The molecule has 0 unspecified atom stereocenters. The van der Waals surface area contributed by atoms with Gasteiger partial charge in [-0.25, -0.2) is 4.98 Å². The van der Waals surface area contributed by atoms with Gasteiger partial charge in [-0.15, -0.1) is 0 Å². The van der Waals surface area contributed by atoms with E-state index in [4.69, 9.17) is 16.3 Å². The van der Waals surface area contributed by atoms with Gasteiger partial charge in [-0.3, -0.25) is 4.79 Å². The van der Waals surface area contributed by atoms with Crippen molar-refractivity contribution < 1.29 is 9.53 Å². The van der Waals surface area contributed by atoms with Crippen molar-refractivity contribution in [1.82, 2.24) is 9.55 Å². The Hall–Kier alpha value is -1.39. The summed E-state index contributed by atoms with van der Waals surface area (Å²) in [6.07, 6.45) is 0.750. The maximum absolute atomic E-state index is 11.0. The summed E-state index contributed by atoms with van der Waals surface area (Å²) in [6.45, 7) is 3.77. The molecule has 0 aliphatic rings. The van der Waals surface area contributed by atoms with E-state index in [2.05, 4.69) is 4.98 Å². The number of hydrogen-bond donors (Lipinski definition) is 0. The fourth-order valence-corrected chi connectivity index (χ4v) is 1.91. The Labute approximate surface area is 104 Å². The molecule has 0 fully saturated rings. The van der Waals surface area contributed by atoms with Gasteiger partial charge >= 0.3 is 0 Å². The van der Waals surface area contributed by atoms with Gasteiger partial charge in [0.15, 0.2) is 12.1 Å². The predicted octanol–water partition coefficient (Wildman–Crippen LogP) is 2.54. The largest absolute Gasteiger partial charge is 0.380 e. The summed E-state index contributed by atoms with van der Waals surface area (Å²) >= 11 is 5.89. The van der Waals surface area contributed by atoms with Crippen molar-refractivity contribution in [3.05, 3.63) is 29.0 Å². The van der Waals surface area contributed by atoms with E-state index in [1.807, 2.05) is 17.6 Å². The van der Waals surface area contributed by atoms with Crippen molar-refractivity contribution in [3.63, 3.8) is 0 Å². The van der Waals surface area contributed by atoms with Crippen LogP contribution >= 0.6 is 11.6 Å². The Morgan fingerprint density at radius 1 is 1.53 bits per heavy atom. The van der Waals surface area contributed by atoms with Crippen LogP contribution in [-0.4, -0.2) is 29.1 Å². The molecule has 1 heterocycles. The van der Waals surface area contributed by atoms with Gasteiger partial charge in [-0.05, 0) is 25.1 Å². The van der Waals surface area contributed by atoms with Crippen molar-refractivity contribution in [2.24, 2.45) is 0 Å². The van der Waals surface area contributed by atoms with E-state index in [1.165, 1.54) is 0 Å². The van der Waals surface area contributed by atoms with Gasteiger partial charge in [0.05, 0.1) is 17.6 Å². The Balaban J connectivity index is 2.40. The molecule has 0 saturated heterocycles. The van der Waals surface area contributed by atoms with Crippen LogP contribution in [0.1, 0.15) is 17.5 Å². The smallest absolute Gasteiger partial charge is 0.185 e. The van der Waals surface area contributed by atoms with E-state index in [-0.39, 0.29) is 0 Å². The molecule has 0 aliphatic carbocycles. The average molecular weight is 253 g/mol. The molecule has 1 aromatic carbocycles. The quantitative estimate of drug-likeness (QED) is 0.607. The van der Waals surface area contributed by atoms with Gasteiger partial charge in [0.25, 0.3) is 0 Å². The molecular weight excluding hydrogens is 240 g/mol. The molecule has 17 heavy (non-hydrogen) atoms. The summed E-state index contributed by atoms with van der Waals surface area (Å²) in [5.74, 6) is 0.405. The van der Waals surface area contributed by atoms with Crippen LogP contribution in [0.2, 0.25) is 5.02 Å². The first-order chi connectivity index (χ1) is 8.26. The van der Waals surface area contributed by atoms with Crippen LogP contribution in [0.25, 0.3) is 11.0 Å². The zero-order valence-electron chi connectivity index (χ0n) is 9.52. The normalized spacial score (nSPS) is 10.9. The van der Waals surface area contributed by atoms with Crippen molar-refractivity contribution in [1.29, 1.82) is 0 Å². The third-order valence-corrected chi connectivity index (χ3v) is 2.74. The second-order valence-corrected chi connectivity index (χ2v) is 4.01. The van der Waals surface area contributed by atoms with E-state index < -0.39 is 0 Å². The summed E-state index contributed by atoms with van der Waals surface area (Å²) in [5.41, 5.74) is 1.63. The van der Waals surface area contributed by atoms with Crippen LogP contribution in [0, 0.1) is 0 Å². The number of halogens is 1. The third kappa shape index (κ3) is 2.48. The number of fused-ring (bicyclic) bond motifs is 1. The molecule has 0 spiro atoms. The number of aromatic nitrogens is 2. The SMILES string of the molecule is CCOCCn1c(C=O)nc2cc(Cl)ccc21. The highest BCUT2D eigenvalue weighted by atomic mass is 35.5. The van der Waals surface area contributed by atoms with E-state index in [1.54, 1.807) is 12.1 Å². The molecular formula is C12H13ClN2O2. The van der Waals surface area contributed by atoms with Crippen molar-refractivity contribution in [2.75, 3.05) is 13.2 Å². The lowest BCUT2D eigenvalue weighted by atomic mass is 10.3. The fraction of sp³-hybridized carbons (Fsp3) is 0.333. The summed E-state index contributed by atoms with van der Waals surface area (Å²) in [4.78, 5) is 15.2. The third-order valence-electron chi connectivity index (χ3n) is 2.51. The minimum atomic E-state index is 0.405. The molecule has 2 aromatic rings. The van der Waals surface area contributed by atoms with Crippen molar-refractivity contribution >= 4 is 28.9 Å². The summed E-state index contributed by atoms with van der Waals surface area (Å²) < 4.78 is 7.13. The highest BCUT2D eigenvalue weighted by molar-refractivity contribution is 6.31. The lowest BCUT2D eigenvalue weighted by Crippen LogP contribution is -2.08. The van der Waals surface area contributed by atoms with Crippen LogP contribution in [0.5, 0.6) is 0 Å². The number of carbonyl (C=O) groups is 1. The Morgan fingerprint density at radius 2 is 2.35 bits per heavy atom. The van der Waals surface area contributed by atoms with E-state index in [0.29, 0.717) is 30.6 Å². The molecule has 0 aliphatic heterocycles. The van der Waals surface area contributed by atoms with Crippen LogP contribution in [0.4, 0.5) is 0 Å². The maximum Gasteiger partial charge on any atom is 0.185 e. The molecule has 2 rings (SSSR count). The van der Waals surface area contributed by atoms with Gasteiger partial charge < -0.3 is 9.30 Å². The number of imidazole rings is 1. The topological polar surface area (TPSA) is 44.1 Å². The highest BCUT2D eigenvalue weighted by Crippen LogP contribution is 2.19. The summed E-state index contributed by atoms with van der Waals surface area (Å²) in [5, 5.41) is 0.615. The maximum atomic E-state index is 11.0. The molecule has 4 nitrogen and oxygen atoms in total. The number of carbonyl (C=O) groups excluding carboxylic acids is 1. The lowest BCUT2D eigenvalue weighted by Gasteiger charge is -2.05. The monoisotopic (exact) mass is 252 g/mol. The molecule has 1 aromatic heterocycles. The zero-order chi connectivity index (χ0) is 12.3. The minimum Gasteiger partial charge on any atom is -0.380 e. The molecule has 0 saturated carbocycles. The number of nitrogens with zero attached hydrogens (tertiary/aromatic N) is 2. The molecule has 0 amide bonds. The zero-order valence-corrected chi connectivity index (χ0v) is 10.3. The number of aldehydes is 1. The first-order valence-electron chi connectivity index (χ1n) is 5.45. The second-order valence-electron chi connectivity index (χ2n) is 3.57. The fourth-order valence-electron chi connectivity index (χ4n) is 1.75. The van der Waals surface area contributed by atoms with Gasteiger partial charge in [0.1, 0.15) is 0 Å². The number of rotatable bonds is 5. The molecule has 5 heteroatoms. The number of ether oxygens (including phenoxy) is 1. The average Bonchev–Trinajstić information content (AvgIpc) is 2.67. The predicted molar refractivity (Wildman–Crippen MR) is 66.6 cm³/mol. The van der Waals surface area contributed by atoms with Crippen LogP contribution in [0.15, 0.2) is 18.2 Å². The highest BCUT2D eigenvalue weighted by Gasteiger charge is 2.09. The second kappa shape index (κ2) is 5.29. The van der Waals surface area contributed by atoms with E-state index in [9.17, 15) is 4.79 Å². The molecule has 0 bridgehead atoms. The Bertz CT molecular complexity index is 537. The van der Waals surface area contributed by atoms with Gasteiger partial charge in [-0.2, -0.15) is 0 Å². The van der Waals surface area contributed by atoms with Crippen molar-refractivity contribution in [2.45, 2.75) is 13.5 Å². The minimum absolute atomic E-state index is 0.405. The standard InChI is InChI=1S/C12H13ClN2O2/c1-2-17-6-5-15-11-4-3-9(13)7-10(11)14-12(15)8-16/h3-4,7-8H,2,5-6H2,1H3. The first kappa shape index (κ1) is 12.1. The summed E-state index contributed by atoms with van der Waals surface area (Å²) in [6, 6.07) is 5.40. The van der Waals surface area contributed by atoms with E-state index in [0.717, 1.165) is 17.3 Å². The molecule has 0 atom stereocenters. The van der Waals surface area contributed by atoms with Gasteiger partial charge in [0, 0.05) is 18.2 Å².